The minimum Gasteiger partial charge on any atom is -0.495 e. The minimum absolute atomic E-state index is 0.00627. The van der Waals surface area contributed by atoms with Gasteiger partial charge in [-0.05, 0) is 68.7 Å². The summed E-state index contributed by atoms with van der Waals surface area (Å²) in [4.78, 5) is 16.7. The summed E-state index contributed by atoms with van der Waals surface area (Å²) in [5.74, 6) is 1.41. The third kappa shape index (κ3) is 4.50. The van der Waals surface area contributed by atoms with Crippen molar-refractivity contribution < 1.29 is 9.53 Å². The van der Waals surface area contributed by atoms with Crippen LogP contribution in [0.2, 0.25) is 10.0 Å². The van der Waals surface area contributed by atoms with Gasteiger partial charge in [-0.2, -0.15) is 0 Å². The highest BCUT2D eigenvalue weighted by atomic mass is 35.5. The number of carbonyl (C=O) groups is 1. The van der Waals surface area contributed by atoms with E-state index in [0.717, 1.165) is 40.7 Å². The molecule has 1 heterocycles. The van der Waals surface area contributed by atoms with E-state index in [2.05, 4.69) is 16.0 Å². The first-order chi connectivity index (χ1) is 14.9. The number of nitrogens with one attached hydrogen (secondary N) is 3. The van der Waals surface area contributed by atoms with E-state index in [9.17, 15) is 4.79 Å². The number of nitrogens with zero attached hydrogens (tertiary/aromatic N) is 1. The second kappa shape index (κ2) is 8.81. The molecule has 3 aromatic rings. The lowest BCUT2D eigenvalue weighted by Gasteiger charge is -2.19. The first-order valence-corrected chi connectivity index (χ1v) is 10.9. The Hall–Kier alpha value is -2.70. The molecule has 0 bridgehead atoms. The topological polar surface area (TPSA) is 75.3 Å². The monoisotopic (exact) mass is 458 g/mol. The van der Waals surface area contributed by atoms with Crippen molar-refractivity contribution in [2.75, 3.05) is 17.7 Å². The van der Waals surface area contributed by atoms with Gasteiger partial charge in [0.15, 0.2) is 0 Å². The van der Waals surface area contributed by atoms with E-state index in [1.807, 2.05) is 44.2 Å². The zero-order chi connectivity index (χ0) is 22.1. The molecule has 1 aliphatic rings. The van der Waals surface area contributed by atoms with Gasteiger partial charge < -0.3 is 20.7 Å². The number of rotatable bonds is 5. The molecule has 4 rings (SSSR count). The number of amides is 2. The maximum atomic E-state index is 11.9. The van der Waals surface area contributed by atoms with Crippen LogP contribution in [0.5, 0.6) is 5.75 Å². The number of anilines is 2. The fraction of sp³-hybridized carbons (Fsp3) is 0.304. The van der Waals surface area contributed by atoms with E-state index in [-0.39, 0.29) is 18.1 Å². The van der Waals surface area contributed by atoms with Crippen LogP contribution in [0.4, 0.5) is 16.3 Å². The van der Waals surface area contributed by atoms with Crippen molar-refractivity contribution in [2.45, 2.75) is 38.8 Å². The highest BCUT2D eigenvalue weighted by Crippen LogP contribution is 2.46. The summed E-state index contributed by atoms with van der Waals surface area (Å²) in [7, 11) is 1.62. The summed E-state index contributed by atoms with van der Waals surface area (Å²) >= 11 is 12.8. The zero-order valence-electron chi connectivity index (χ0n) is 17.6. The average molecular weight is 459 g/mol. The van der Waals surface area contributed by atoms with Gasteiger partial charge in [0.25, 0.3) is 0 Å². The molecule has 1 atom stereocenters. The lowest BCUT2D eigenvalue weighted by atomic mass is 10.1. The molecule has 162 valence electrons. The highest BCUT2D eigenvalue weighted by molar-refractivity contribution is 6.36. The summed E-state index contributed by atoms with van der Waals surface area (Å²) < 4.78 is 5.56. The molecule has 6 nitrogen and oxygen atoms in total. The Morgan fingerprint density at radius 3 is 2.71 bits per heavy atom. The largest absolute Gasteiger partial charge is 0.495 e. The lowest BCUT2D eigenvalue weighted by molar-refractivity contribution is 0.250. The number of aromatic nitrogens is 1. The van der Waals surface area contributed by atoms with E-state index < -0.39 is 0 Å². The first-order valence-electron chi connectivity index (χ1n) is 10.2. The predicted molar refractivity (Wildman–Crippen MR) is 127 cm³/mol. The van der Waals surface area contributed by atoms with E-state index >= 15 is 0 Å². The van der Waals surface area contributed by atoms with Gasteiger partial charge in [0.2, 0.25) is 0 Å². The van der Waals surface area contributed by atoms with E-state index in [0.29, 0.717) is 21.5 Å². The number of benzene rings is 2. The molecule has 0 spiro atoms. The molecule has 0 radical (unpaired) electrons. The lowest BCUT2D eigenvalue weighted by Crippen LogP contribution is -2.34. The second-order valence-electron chi connectivity index (χ2n) is 7.86. The SMILES string of the molecule is COc1c(Cl)cc(Cl)c2c1C(Nc1ccc3cc(NC(=O)NC(C)C)ccc3n1)CC2. The molecule has 1 unspecified atom stereocenters. The summed E-state index contributed by atoms with van der Waals surface area (Å²) in [6.07, 6.45) is 1.72. The number of methoxy groups -OCH3 is 1. The van der Waals surface area contributed by atoms with Gasteiger partial charge in [-0.25, -0.2) is 9.78 Å². The Morgan fingerprint density at radius 1 is 1.16 bits per heavy atom. The van der Waals surface area contributed by atoms with Gasteiger partial charge in [0, 0.05) is 27.7 Å². The van der Waals surface area contributed by atoms with Crippen LogP contribution in [0.25, 0.3) is 10.9 Å². The molecule has 3 N–H and O–H groups in total. The molecule has 0 saturated carbocycles. The Labute approximate surface area is 191 Å². The van der Waals surface area contributed by atoms with Crippen LogP contribution in [0.15, 0.2) is 36.4 Å². The predicted octanol–water partition coefficient (Wildman–Crippen LogP) is 6.18. The minimum atomic E-state index is -0.230. The van der Waals surface area contributed by atoms with Crippen molar-refractivity contribution in [3.8, 4) is 5.75 Å². The van der Waals surface area contributed by atoms with Crippen LogP contribution in [-0.2, 0) is 6.42 Å². The summed E-state index contributed by atoms with van der Waals surface area (Å²) in [5, 5.41) is 11.3. The number of halogens is 2. The molecule has 0 fully saturated rings. The van der Waals surface area contributed by atoms with Gasteiger partial charge in [0.05, 0.1) is 23.7 Å². The number of fused-ring (bicyclic) bond motifs is 2. The van der Waals surface area contributed by atoms with Crippen molar-refractivity contribution in [3.05, 3.63) is 57.6 Å². The van der Waals surface area contributed by atoms with Crippen molar-refractivity contribution in [3.63, 3.8) is 0 Å². The number of pyridine rings is 1. The van der Waals surface area contributed by atoms with Gasteiger partial charge >= 0.3 is 6.03 Å². The first kappa shape index (κ1) is 21.5. The standard InChI is InChI=1S/C23H24Cl2N4O2/c1-12(2)26-23(30)27-14-5-7-18-13(10-14)4-9-20(28-18)29-19-8-6-15-16(24)11-17(25)22(31-3)21(15)19/h4-5,7,9-12,19H,6,8H2,1-3H3,(H,28,29)(H2,26,27,30). The number of ether oxygens (including phenoxy) is 1. The van der Waals surface area contributed by atoms with Crippen LogP contribution in [0.3, 0.4) is 0 Å². The molecule has 0 aliphatic heterocycles. The van der Waals surface area contributed by atoms with Gasteiger partial charge in [-0.15, -0.1) is 0 Å². The normalized spacial score (nSPS) is 15.1. The van der Waals surface area contributed by atoms with E-state index in [1.54, 1.807) is 13.2 Å². The zero-order valence-corrected chi connectivity index (χ0v) is 19.1. The Balaban J connectivity index is 1.56. The van der Waals surface area contributed by atoms with Gasteiger partial charge in [-0.3, -0.25) is 0 Å². The third-order valence-electron chi connectivity index (χ3n) is 5.25. The Morgan fingerprint density at radius 2 is 1.97 bits per heavy atom. The molecule has 1 aromatic heterocycles. The van der Waals surface area contributed by atoms with Crippen LogP contribution >= 0.6 is 23.2 Å². The summed E-state index contributed by atoms with van der Waals surface area (Å²) in [6.45, 7) is 3.83. The fourth-order valence-electron chi connectivity index (χ4n) is 3.96. The number of hydrogen-bond acceptors (Lipinski definition) is 4. The number of hydrogen-bond donors (Lipinski definition) is 3. The summed E-state index contributed by atoms with van der Waals surface area (Å²) in [5.41, 5.74) is 3.61. The second-order valence-corrected chi connectivity index (χ2v) is 8.67. The smallest absolute Gasteiger partial charge is 0.319 e. The van der Waals surface area contributed by atoms with Crippen LogP contribution in [0.1, 0.15) is 37.4 Å². The van der Waals surface area contributed by atoms with E-state index in [1.165, 1.54) is 0 Å². The average Bonchev–Trinajstić information content (AvgIpc) is 3.12. The summed E-state index contributed by atoms with van der Waals surface area (Å²) in [6, 6.07) is 11.1. The third-order valence-corrected chi connectivity index (χ3v) is 5.87. The van der Waals surface area contributed by atoms with Gasteiger partial charge in [0.1, 0.15) is 11.6 Å². The molecular formula is C23H24Cl2N4O2. The fourth-order valence-corrected chi connectivity index (χ4v) is 4.61. The Bertz CT molecular complexity index is 1150. The molecule has 0 saturated heterocycles. The number of urea groups is 1. The van der Waals surface area contributed by atoms with Crippen molar-refractivity contribution in [2.24, 2.45) is 0 Å². The highest BCUT2D eigenvalue weighted by Gasteiger charge is 2.30. The molecule has 8 heteroatoms. The maximum absolute atomic E-state index is 11.9. The quantitative estimate of drug-likeness (QED) is 0.426. The van der Waals surface area contributed by atoms with Crippen LogP contribution < -0.4 is 20.7 Å². The molecule has 2 aromatic carbocycles. The molecule has 2 amide bonds. The maximum Gasteiger partial charge on any atom is 0.319 e. The molecule has 1 aliphatic carbocycles. The van der Waals surface area contributed by atoms with Crippen molar-refractivity contribution >= 4 is 51.6 Å². The molecule has 31 heavy (non-hydrogen) atoms. The molecular weight excluding hydrogens is 435 g/mol. The van der Waals surface area contributed by atoms with Crippen LogP contribution in [-0.4, -0.2) is 24.2 Å². The van der Waals surface area contributed by atoms with Gasteiger partial charge in [-0.1, -0.05) is 23.2 Å². The van der Waals surface area contributed by atoms with Crippen molar-refractivity contribution in [1.82, 2.24) is 10.3 Å². The van der Waals surface area contributed by atoms with Crippen LogP contribution in [0, 0.1) is 0 Å². The van der Waals surface area contributed by atoms with E-state index in [4.69, 9.17) is 32.9 Å². The number of carbonyl (C=O) groups excluding carboxylic acids is 1. The Kier molecular flexibility index (Phi) is 6.12. The van der Waals surface area contributed by atoms with Crippen molar-refractivity contribution in [1.29, 1.82) is 0 Å².